The minimum Gasteiger partial charge on any atom is -0.464 e. The minimum atomic E-state index is -0.845. The fourth-order valence-corrected chi connectivity index (χ4v) is 5.38. The molecule has 0 saturated carbocycles. The van der Waals surface area contributed by atoms with Gasteiger partial charge in [-0.05, 0) is 47.2 Å². The fourth-order valence-electron chi connectivity index (χ4n) is 4.35. The predicted molar refractivity (Wildman–Crippen MR) is 136 cm³/mol. The summed E-state index contributed by atoms with van der Waals surface area (Å²) in [6.45, 7) is 1.38. The monoisotopic (exact) mass is 491 g/mol. The summed E-state index contributed by atoms with van der Waals surface area (Å²) in [4.78, 5) is 28.2. The van der Waals surface area contributed by atoms with Crippen LogP contribution in [-0.2, 0) is 19.1 Å². The third kappa shape index (κ3) is 5.32. The van der Waals surface area contributed by atoms with Crippen LogP contribution in [0.3, 0.4) is 0 Å². The Morgan fingerprint density at radius 2 is 1.50 bits per heavy atom. The number of amides is 1. The van der Waals surface area contributed by atoms with E-state index in [1.54, 1.807) is 11.9 Å². The Morgan fingerprint density at radius 3 is 2.09 bits per heavy atom. The van der Waals surface area contributed by atoms with Crippen LogP contribution in [0.4, 0.5) is 0 Å². The Morgan fingerprint density at radius 1 is 0.941 bits per heavy atom. The molecule has 0 aromatic heterocycles. The van der Waals surface area contributed by atoms with Crippen molar-refractivity contribution in [3.8, 4) is 0 Å². The molecule has 4 rings (SSSR count). The lowest BCUT2D eigenvalue weighted by Crippen LogP contribution is -2.38. The Bertz CT molecular complexity index is 1140. The van der Waals surface area contributed by atoms with Crippen LogP contribution in [0.15, 0.2) is 95.9 Å². The van der Waals surface area contributed by atoms with Crippen molar-refractivity contribution < 1.29 is 19.1 Å². The van der Waals surface area contributed by atoms with Gasteiger partial charge >= 0.3 is 5.97 Å². The van der Waals surface area contributed by atoms with E-state index in [9.17, 15) is 9.59 Å². The second-order valence-corrected chi connectivity index (χ2v) is 9.70. The average Bonchev–Trinajstić information content (AvgIpc) is 3.09. The second kappa shape index (κ2) is 10.8. The summed E-state index contributed by atoms with van der Waals surface area (Å²) in [5.41, 5.74) is 1.72. The third-order valence-corrected chi connectivity index (χ3v) is 6.93. The molecule has 0 unspecified atom stereocenters. The molecular formula is C27H25NO4S2. The zero-order valence-corrected chi connectivity index (χ0v) is 20.5. The third-order valence-electron chi connectivity index (χ3n) is 5.82. The zero-order chi connectivity index (χ0) is 24.1. The second-order valence-electron chi connectivity index (χ2n) is 8.02. The summed E-state index contributed by atoms with van der Waals surface area (Å²) < 4.78 is 12.2. The van der Waals surface area contributed by atoms with Crippen LogP contribution in [0.2, 0.25) is 0 Å². The normalized spacial score (nSPS) is 20.6. The highest BCUT2D eigenvalue weighted by Gasteiger charge is 2.53. The number of hydrogen-bond acceptors (Lipinski definition) is 6. The molecule has 4 atom stereocenters. The van der Waals surface area contributed by atoms with Crippen molar-refractivity contribution in [2.24, 2.45) is 0 Å². The number of thiocarbonyl (C=S) groups is 1. The van der Waals surface area contributed by atoms with E-state index in [0.29, 0.717) is 0 Å². The number of ether oxygens (including phenoxy) is 2. The van der Waals surface area contributed by atoms with Gasteiger partial charge < -0.3 is 14.4 Å². The zero-order valence-electron chi connectivity index (χ0n) is 18.9. The Balaban J connectivity index is 1.71. The van der Waals surface area contributed by atoms with E-state index in [1.165, 1.54) is 18.7 Å². The van der Waals surface area contributed by atoms with Gasteiger partial charge in [0.2, 0.25) is 4.38 Å². The van der Waals surface area contributed by atoms with Crippen molar-refractivity contribution in [1.82, 2.24) is 4.90 Å². The molecule has 1 aliphatic rings. The SMILES string of the molecule is CC(=O)O[C@@H](c1ccccc1)[C@H]1[C@@H](c2ccccc2)[C@@H](OC(=S)Sc2ccccc2)C(=O)N1C. The standard InChI is InChI=1S/C27H25NO4S2/c1-18(29)31-24(20-14-8-4-9-15-20)23-22(19-12-6-3-7-13-19)25(26(30)28(23)2)32-27(33)34-21-16-10-5-11-17-21/h3-17,22-25H,1-2H3/t22-,23-,24+,25-/m1/s1. The molecule has 0 aliphatic carbocycles. The van der Waals surface area contributed by atoms with E-state index in [4.69, 9.17) is 21.7 Å². The molecule has 1 amide bonds. The van der Waals surface area contributed by atoms with Gasteiger partial charge in [0.15, 0.2) is 6.10 Å². The summed E-state index contributed by atoms with van der Waals surface area (Å²) in [5, 5.41) is 0. The Labute approximate surface area is 209 Å². The van der Waals surface area contributed by atoms with Gasteiger partial charge in [0, 0.05) is 18.9 Å². The van der Waals surface area contributed by atoms with Crippen molar-refractivity contribution in [2.45, 2.75) is 36.0 Å². The molecule has 3 aromatic carbocycles. The number of hydrogen-bond donors (Lipinski definition) is 0. The minimum absolute atomic E-state index is 0.206. The van der Waals surface area contributed by atoms with Crippen molar-refractivity contribution in [3.05, 3.63) is 102 Å². The van der Waals surface area contributed by atoms with Crippen LogP contribution in [0.5, 0.6) is 0 Å². The van der Waals surface area contributed by atoms with Gasteiger partial charge in [0.05, 0.1) is 12.0 Å². The first-order valence-corrected chi connectivity index (χ1v) is 12.2. The lowest BCUT2D eigenvalue weighted by molar-refractivity contribution is -0.151. The average molecular weight is 492 g/mol. The molecule has 34 heavy (non-hydrogen) atoms. The number of thioether (sulfide) groups is 1. The van der Waals surface area contributed by atoms with Crippen molar-refractivity contribution in [1.29, 1.82) is 0 Å². The molecule has 0 bridgehead atoms. The van der Waals surface area contributed by atoms with Gasteiger partial charge in [0.1, 0.15) is 6.10 Å². The van der Waals surface area contributed by atoms with Crippen LogP contribution in [-0.4, -0.2) is 40.4 Å². The molecule has 0 N–H and O–H groups in total. The Hall–Kier alpha value is -3.16. The van der Waals surface area contributed by atoms with E-state index >= 15 is 0 Å². The Kier molecular flexibility index (Phi) is 7.65. The molecule has 7 heteroatoms. The summed E-state index contributed by atoms with van der Waals surface area (Å²) in [6.07, 6.45) is -1.51. The quantitative estimate of drug-likeness (QED) is 0.262. The lowest BCUT2D eigenvalue weighted by atomic mass is 9.84. The largest absolute Gasteiger partial charge is 0.464 e. The van der Waals surface area contributed by atoms with Crippen LogP contribution in [0, 0.1) is 0 Å². The summed E-state index contributed by atoms with van der Waals surface area (Å²) in [5.74, 6) is -1.03. The first kappa shape index (κ1) is 24.0. The van der Waals surface area contributed by atoms with Gasteiger partial charge in [0.25, 0.3) is 5.91 Å². The highest BCUT2D eigenvalue weighted by atomic mass is 32.2. The van der Waals surface area contributed by atoms with E-state index < -0.39 is 30.1 Å². The molecule has 1 fully saturated rings. The summed E-state index contributed by atoms with van der Waals surface area (Å²) >= 11 is 6.82. The van der Waals surface area contributed by atoms with E-state index in [0.717, 1.165) is 16.0 Å². The maximum absolute atomic E-state index is 13.5. The van der Waals surface area contributed by atoms with E-state index in [2.05, 4.69) is 0 Å². The number of nitrogens with zero attached hydrogens (tertiary/aromatic N) is 1. The van der Waals surface area contributed by atoms with Crippen LogP contribution >= 0.6 is 24.0 Å². The molecular weight excluding hydrogens is 466 g/mol. The maximum atomic E-state index is 13.5. The molecule has 0 spiro atoms. The van der Waals surface area contributed by atoms with Crippen LogP contribution in [0.25, 0.3) is 0 Å². The van der Waals surface area contributed by atoms with E-state index in [-0.39, 0.29) is 10.3 Å². The lowest BCUT2D eigenvalue weighted by Gasteiger charge is -2.33. The number of benzene rings is 3. The smallest absolute Gasteiger partial charge is 0.303 e. The van der Waals surface area contributed by atoms with Gasteiger partial charge in [-0.2, -0.15) is 0 Å². The number of rotatable bonds is 6. The van der Waals surface area contributed by atoms with Gasteiger partial charge in [-0.3, -0.25) is 9.59 Å². The fraction of sp³-hybridized carbons (Fsp3) is 0.222. The maximum Gasteiger partial charge on any atom is 0.303 e. The predicted octanol–water partition coefficient (Wildman–Crippen LogP) is 5.38. The van der Waals surface area contributed by atoms with Gasteiger partial charge in [-0.15, -0.1) is 0 Å². The number of likely N-dealkylation sites (tertiary alicyclic amines) is 1. The van der Waals surface area contributed by atoms with Crippen molar-refractivity contribution in [3.63, 3.8) is 0 Å². The van der Waals surface area contributed by atoms with Crippen molar-refractivity contribution >= 4 is 40.2 Å². The molecule has 3 aromatic rings. The summed E-state index contributed by atoms with van der Waals surface area (Å²) in [7, 11) is 1.72. The highest BCUT2D eigenvalue weighted by molar-refractivity contribution is 8.22. The topological polar surface area (TPSA) is 55.8 Å². The van der Waals surface area contributed by atoms with E-state index in [1.807, 2.05) is 91.0 Å². The number of carbonyl (C=O) groups excluding carboxylic acids is 2. The molecule has 1 saturated heterocycles. The first-order chi connectivity index (χ1) is 16.5. The molecule has 0 radical (unpaired) electrons. The van der Waals surface area contributed by atoms with Crippen molar-refractivity contribution in [2.75, 3.05) is 7.05 Å². The number of likely N-dealkylation sites (N-methyl/N-ethyl adjacent to an activating group) is 1. The molecule has 174 valence electrons. The van der Waals surface area contributed by atoms with Gasteiger partial charge in [-0.1, -0.05) is 78.9 Å². The molecule has 1 heterocycles. The van der Waals surface area contributed by atoms with Crippen LogP contribution in [0.1, 0.15) is 30.1 Å². The number of esters is 1. The summed E-state index contributed by atoms with van der Waals surface area (Å²) in [6, 6.07) is 28.3. The number of carbonyl (C=O) groups is 2. The van der Waals surface area contributed by atoms with Gasteiger partial charge in [-0.25, -0.2) is 0 Å². The highest BCUT2D eigenvalue weighted by Crippen LogP contribution is 2.44. The molecule has 5 nitrogen and oxygen atoms in total. The molecule has 1 aliphatic heterocycles. The van der Waals surface area contributed by atoms with Crippen LogP contribution < -0.4 is 0 Å². The first-order valence-electron chi connectivity index (χ1n) is 10.9.